The zero-order chi connectivity index (χ0) is 68.1. The molecule has 1 nitrogen and oxygen atoms in total. The zero-order valence-corrected chi connectivity index (χ0v) is 58.6. The molecule has 102 heavy (non-hydrogen) atoms. The Hall–Kier alpha value is -11.1. The molecule has 8 aliphatic carbocycles. The maximum atomic E-state index is 2.66. The molecule has 12 aromatic rings. The van der Waals surface area contributed by atoms with E-state index >= 15 is 0 Å². The van der Waals surface area contributed by atoms with Crippen molar-refractivity contribution in [1.82, 2.24) is 0 Å². The number of benzene rings is 12. The molecule has 8 aliphatic rings. The predicted octanol–water partition coefficient (Wildman–Crippen LogP) is 24.9. The first kappa shape index (κ1) is 60.8. The van der Waals surface area contributed by atoms with Gasteiger partial charge in [0.15, 0.2) is 0 Å². The first-order valence-corrected chi connectivity index (χ1v) is 37.3. The van der Waals surface area contributed by atoms with Crippen molar-refractivity contribution >= 4 is 22.5 Å². The van der Waals surface area contributed by atoms with Crippen LogP contribution in [-0.4, -0.2) is 0 Å². The van der Waals surface area contributed by atoms with Crippen LogP contribution in [0.2, 0.25) is 0 Å². The van der Waals surface area contributed by atoms with E-state index in [4.69, 9.17) is 0 Å². The summed E-state index contributed by atoms with van der Waals surface area (Å²) in [6.07, 6.45) is 25.6. The number of fused-ring (bicyclic) bond motifs is 22. The van der Waals surface area contributed by atoms with Gasteiger partial charge >= 0.3 is 0 Å². The number of allylic oxidation sites excluding steroid dienone is 11. The van der Waals surface area contributed by atoms with Gasteiger partial charge < -0.3 is 4.90 Å². The molecule has 0 amide bonds. The predicted molar refractivity (Wildman–Crippen MR) is 425 cm³/mol. The van der Waals surface area contributed by atoms with Gasteiger partial charge in [-0.3, -0.25) is 0 Å². The molecule has 12 aromatic carbocycles. The first-order valence-electron chi connectivity index (χ1n) is 37.3. The van der Waals surface area contributed by atoms with Crippen LogP contribution < -0.4 is 4.90 Å². The van der Waals surface area contributed by atoms with E-state index in [1.54, 1.807) is 0 Å². The van der Waals surface area contributed by atoms with E-state index in [1.807, 2.05) is 0 Å². The number of anilines is 2. The van der Waals surface area contributed by atoms with Crippen molar-refractivity contribution in [3.63, 3.8) is 0 Å². The van der Waals surface area contributed by atoms with E-state index in [-0.39, 0.29) is 28.6 Å². The largest absolute Gasteiger partial charge is 0.311 e. The van der Waals surface area contributed by atoms with Crippen LogP contribution in [0.1, 0.15) is 148 Å². The Bertz CT molecular complexity index is 5610. The van der Waals surface area contributed by atoms with Crippen LogP contribution in [0.15, 0.2) is 339 Å². The zero-order valence-electron chi connectivity index (χ0n) is 58.6. The minimum atomic E-state index is -0.563. The van der Waals surface area contributed by atoms with Crippen molar-refractivity contribution in [1.29, 1.82) is 0 Å². The van der Waals surface area contributed by atoms with Crippen molar-refractivity contribution in [2.75, 3.05) is 4.90 Å². The van der Waals surface area contributed by atoms with Gasteiger partial charge in [0, 0.05) is 39.7 Å². The molecule has 0 saturated heterocycles. The lowest BCUT2D eigenvalue weighted by atomic mass is 9.50. The quantitative estimate of drug-likeness (QED) is 0.125. The monoisotopic (exact) mass is 1310 g/mol. The Morgan fingerprint density at radius 2 is 0.873 bits per heavy atom. The lowest BCUT2D eigenvalue weighted by Crippen LogP contribution is -2.46. The van der Waals surface area contributed by atoms with E-state index in [1.165, 1.54) is 162 Å². The summed E-state index contributed by atoms with van der Waals surface area (Å²) in [4.78, 5) is 2.49. The van der Waals surface area contributed by atoms with Gasteiger partial charge in [0.2, 0.25) is 0 Å². The summed E-state index contributed by atoms with van der Waals surface area (Å²) in [6.45, 7) is 9.60. The summed E-state index contributed by atoms with van der Waals surface area (Å²) in [5, 5.41) is 0. The van der Waals surface area contributed by atoms with E-state index in [0.717, 1.165) is 44.2 Å². The molecule has 0 saturated carbocycles. The van der Waals surface area contributed by atoms with E-state index < -0.39 is 10.8 Å². The third-order valence-electron chi connectivity index (χ3n) is 25.2. The normalized spacial score (nSPS) is 20.6. The topological polar surface area (TPSA) is 3.24 Å². The summed E-state index contributed by atoms with van der Waals surface area (Å²) < 4.78 is 0. The number of rotatable bonds is 11. The molecule has 0 bridgehead atoms. The van der Waals surface area contributed by atoms with Crippen LogP contribution >= 0.6 is 0 Å². The molecule has 3 unspecified atom stereocenters. The van der Waals surface area contributed by atoms with Crippen LogP contribution in [0.25, 0.3) is 55.7 Å². The maximum Gasteiger partial charge on any atom is 0.0719 e. The molecule has 0 radical (unpaired) electrons. The second-order valence-corrected chi connectivity index (χ2v) is 31.1. The Morgan fingerprint density at radius 1 is 0.373 bits per heavy atom. The van der Waals surface area contributed by atoms with Crippen LogP contribution in [0.5, 0.6) is 0 Å². The Labute approximate surface area is 601 Å². The highest BCUT2D eigenvalue weighted by atomic mass is 15.1. The Balaban J connectivity index is 0.665. The van der Waals surface area contributed by atoms with Gasteiger partial charge in [0.25, 0.3) is 0 Å². The molecule has 0 aliphatic heterocycles. The maximum absolute atomic E-state index is 2.66. The number of hydrogen-bond acceptors (Lipinski definition) is 1. The van der Waals surface area contributed by atoms with Gasteiger partial charge in [-0.2, -0.15) is 0 Å². The molecule has 0 heterocycles. The Kier molecular flexibility index (Phi) is 13.8. The molecule has 490 valence electrons. The van der Waals surface area contributed by atoms with Gasteiger partial charge in [0.1, 0.15) is 0 Å². The van der Waals surface area contributed by atoms with Crippen LogP contribution in [0, 0.1) is 11.8 Å². The average molecular weight is 1310 g/mol. The van der Waals surface area contributed by atoms with Crippen molar-refractivity contribution < 1.29 is 0 Å². The standard InChI is InChI=1S/C101H81N/c1-98(2)86-31-15-11-27-78(86)82-55-39-65(61-95(82)98)59-74(72-43-41-69(42-44-72)67-23-7-5-8-24-67)60-66-40-56-84-80-29-13-17-33-88(80)101(97(84)62-66)93-37-21-19-35-91(93)100(92-36-20-22-38-94(92)101)89-34-18-14-30-81(89)85-63-73(49-58-90(85)100)71-47-52-76(53-48-71)102(75-50-45-70(46-51-75)68-25-9-6-10-26-68)77-54-57-83-79-28-12-16-32-87(79)99(3,4)96(83)64-77/h6-7,9-47,49-57,61-64,71,74,90H,5,8,48,58-60H2,1-4H3. The SMILES string of the molecule is CC1(C)c2ccccc2-c2ccc(CC(Cc3ccc4c(c3)C3(c5ccccc5-4)c4ccccc4C4(c5ccccc5C5=CC(C6C=CC(N(c7ccc(-c8ccccc8)cc7)c7ccc8c(c7)C(C)(C)c7ccccc7-8)=CC6)=CCC54)c4ccccc43)c3ccc(C4=CCCC=C4)cc3)cc21. The average Bonchev–Trinajstić information content (AvgIpc) is 1.44. The van der Waals surface area contributed by atoms with Crippen LogP contribution in [0.4, 0.5) is 11.4 Å². The van der Waals surface area contributed by atoms with Crippen LogP contribution in [-0.2, 0) is 34.5 Å². The minimum absolute atomic E-state index is 0.0707. The fourth-order valence-corrected chi connectivity index (χ4v) is 20.5. The lowest BCUT2D eigenvalue weighted by Gasteiger charge is -2.51. The lowest BCUT2D eigenvalue weighted by molar-refractivity contribution is 0.451. The smallest absolute Gasteiger partial charge is 0.0719 e. The molecule has 20 rings (SSSR count). The fourth-order valence-electron chi connectivity index (χ4n) is 20.5. The third-order valence-corrected chi connectivity index (χ3v) is 25.2. The van der Waals surface area contributed by atoms with Crippen molar-refractivity contribution in [3.05, 3.63) is 428 Å². The molecular weight excluding hydrogens is 1230 g/mol. The van der Waals surface area contributed by atoms with Gasteiger partial charge in [-0.15, -0.1) is 0 Å². The van der Waals surface area contributed by atoms with E-state index in [0.29, 0.717) is 0 Å². The summed E-state index contributed by atoms with van der Waals surface area (Å²) >= 11 is 0. The highest BCUT2D eigenvalue weighted by Crippen LogP contribution is 2.69. The van der Waals surface area contributed by atoms with E-state index in [2.05, 4.69) is 360 Å². The summed E-state index contributed by atoms with van der Waals surface area (Å²) in [5.74, 6) is 0.643. The fraction of sp³-hybridized carbons (Fsp3) is 0.168. The molecule has 0 aromatic heterocycles. The number of hydrogen-bond donors (Lipinski definition) is 0. The minimum Gasteiger partial charge on any atom is -0.311 e. The van der Waals surface area contributed by atoms with Crippen LogP contribution in [0.3, 0.4) is 0 Å². The Morgan fingerprint density at radius 3 is 1.49 bits per heavy atom. The molecule has 2 spiro atoms. The highest BCUT2D eigenvalue weighted by molar-refractivity contribution is 5.93. The van der Waals surface area contributed by atoms with Gasteiger partial charge in [-0.1, -0.05) is 325 Å². The van der Waals surface area contributed by atoms with Crippen molar-refractivity contribution in [2.45, 2.75) is 93.8 Å². The van der Waals surface area contributed by atoms with Crippen molar-refractivity contribution in [2.24, 2.45) is 11.8 Å². The molecule has 0 fully saturated rings. The third kappa shape index (κ3) is 8.95. The summed E-state index contributed by atoms with van der Waals surface area (Å²) in [7, 11) is 0. The van der Waals surface area contributed by atoms with Gasteiger partial charge in [0.05, 0.1) is 10.8 Å². The molecule has 1 heteroatoms. The molecular formula is C101H81N. The molecule has 0 N–H and O–H groups in total. The first-order chi connectivity index (χ1) is 50.1. The summed E-state index contributed by atoms with van der Waals surface area (Å²) in [6, 6.07) is 108. The van der Waals surface area contributed by atoms with Gasteiger partial charge in [-0.25, -0.2) is 0 Å². The molecule has 3 atom stereocenters. The highest BCUT2D eigenvalue weighted by Gasteiger charge is 2.61. The summed E-state index contributed by atoms with van der Waals surface area (Å²) in [5.41, 5.74) is 39.4. The second-order valence-electron chi connectivity index (χ2n) is 31.1. The van der Waals surface area contributed by atoms with Gasteiger partial charge in [-0.05, 0) is 225 Å². The second kappa shape index (κ2) is 23.2. The van der Waals surface area contributed by atoms with Crippen molar-refractivity contribution in [3.8, 4) is 44.5 Å². The number of nitrogens with zero attached hydrogens (tertiary/aromatic N) is 1. The van der Waals surface area contributed by atoms with E-state index in [9.17, 15) is 0 Å².